The fourth-order valence-corrected chi connectivity index (χ4v) is 4.25. The first-order valence-electron chi connectivity index (χ1n) is 7.74. The lowest BCUT2D eigenvalue weighted by Gasteiger charge is -2.30. The molecule has 1 aliphatic carbocycles. The zero-order valence-electron chi connectivity index (χ0n) is 12.7. The van der Waals surface area contributed by atoms with Crippen molar-refractivity contribution in [3.8, 4) is 0 Å². The van der Waals surface area contributed by atoms with Crippen molar-refractivity contribution in [1.82, 2.24) is 10.2 Å². The van der Waals surface area contributed by atoms with Gasteiger partial charge in [0.05, 0.1) is 18.5 Å². The van der Waals surface area contributed by atoms with E-state index in [4.69, 9.17) is 4.74 Å². The normalized spacial score (nSPS) is 27.6. The van der Waals surface area contributed by atoms with Crippen molar-refractivity contribution < 1.29 is 17.9 Å². The minimum atomic E-state index is -2.95. The Morgan fingerprint density at radius 1 is 1.29 bits per heavy atom. The van der Waals surface area contributed by atoms with Crippen LogP contribution in [-0.2, 0) is 19.4 Å². The van der Waals surface area contributed by atoms with Gasteiger partial charge in [0.15, 0.2) is 0 Å². The van der Waals surface area contributed by atoms with Crippen LogP contribution in [-0.4, -0.2) is 69.6 Å². The molecule has 1 heterocycles. The number of rotatable bonds is 5. The van der Waals surface area contributed by atoms with Crippen LogP contribution >= 0.6 is 0 Å². The molecule has 2 aliphatic rings. The largest absolute Gasteiger partial charge is 0.378 e. The number of morpholine rings is 1. The Morgan fingerprint density at radius 3 is 2.67 bits per heavy atom. The molecule has 2 fully saturated rings. The minimum absolute atomic E-state index is 0.154. The Morgan fingerprint density at radius 2 is 2.00 bits per heavy atom. The molecule has 2 atom stereocenters. The highest BCUT2D eigenvalue weighted by atomic mass is 32.2. The third kappa shape index (κ3) is 5.23. The molecule has 1 N–H and O–H groups in total. The van der Waals surface area contributed by atoms with Crippen molar-refractivity contribution in [2.24, 2.45) is 0 Å². The molecule has 6 nitrogen and oxygen atoms in total. The Bertz CT molecular complexity index is 446. The summed E-state index contributed by atoms with van der Waals surface area (Å²) in [4.78, 5) is 13.8. The lowest BCUT2D eigenvalue weighted by molar-refractivity contribution is -0.135. The maximum Gasteiger partial charge on any atom is 0.224 e. The van der Waals surface area contributed by atoms with Crippen LogP contribution in [0.1, 0.15) is 32.1 Å². The molecule has 1 amide bonds. The highest BCUT2D eigenvalue weighted by Crippen LogP contribution is 2.23. The number of nitrogens with one attached hydrogen (secondary N) is 1. The van der Waals surface area contributed by atoms with Gasteiger partial charge in [-0.2, -0.15) is 0 Å². The van der Waals surface area contributed by atoms with Gasteiger partial charge in [-0.15, -0.1) is 0 Å². The molecule has 1 saturated heterocycles. The number of nitrogens with zero attached hydrogens (tertiary/aromatic N) is 1. The summed E-state index contributed by atoms with van der Waals surface area (Å²) in [7, 11) is -2.95. The van der Waals surface area contributed by atoms with E-state index in [0.29, 0.717) is 45.7 Å². The average Bonchev–Trinajstić information content (AvgIpc) is 2.47. The minimum Gasteiger partial charge on any atom is -0.378 e. The zero-order valence-corrected chi connectivity index (χ0v) is 13.5. The standard InChI is InChI=1S/C14H26N2O4S/c1-21(18,19)13-4-2-3-12(11-13)15-6-5-14(17)16-7-9-20-10-8-16/h12-13,15H,2-11H2,1H3. The molecule has 0 bridgehead atoms. The summed E-state index contributed by atoms with van der Waals surface area (Å²) >= 11 is 0. The highest BCUT2D eigenvalue weighted by molar-refractivity contribution is 7.91. The number of ether oxygens (including phenoxy) is 1. The van der Waals surface area contributed by atoms with Gasteiger partial charge in [0, 0.05) is 38.4 Å². The number of hydrogen-bond acceptors (Lipinski definition) is 5. The Labute approximate surface area is 127 Å². The summed E-state index contributed by atoms with van der Waals surface area (Å²) < 4.78 is 28.5. The molecule has 0 aromatic carbocycles. The van der Waals surface area contributed by atoms with Crippen LogP contribution in [0.2, 0.25) is 0 Å². The third-order valence-electron chi connectivity index (χ3n) is 4.37. The summed E-state index contributed by atoms with van der Waals surface area (Å²) in [6.07, 6.45) is 5.17. The van der Waals surface area contributed by atoms with E-state index in [1.165, 1.54) is 6.26 Å². The lowest BCUT2D eigenvalue weighted by atomic mass is 9.95. The van der Waals surface area contributed by atoms with Crippen LogP contribution in [0.25, 0.3) is 0 Å². The molecule has 1 aliphatic heterocycles. The molecular formula is C14H26N2O4S. The molecule has 7 heteroatoms. The van der Waals surface area contributed by atoms with Crippen molar-refractivity contribution in [1.29, 1.82) is 0 Å². The first-order chi connectivity index (χ1) is 9.97. The van der Waals surface area contributed by atoms with Gasteiger partial charge in [-0.3, -0.25) is 4.79 Å². The zero-order chi connectivity index (χ0) is 15.3. The van der Waals surface area contributed by atoms with Crippen LogP contribution < -0.4 is 5.32 Å². The second-order valence-corrected chi connectivity index (χ2v) is 8.34. The number of hydrogen-bond donors (Lipinski definition) is 1. The van der Waals surface area contributed by atoms with E-state index in [1.54, 1.807) is 0 Å². The van der Waals surface area contributed by atoms with Gasteiger partial charge in [0.25, 0.3) is 0 Å². The second kappa shape index (κ2) is 7.56. The fourth-order valence-electron chi connectivity index (χ4n) is 3.07. The van der Waals surface area contributed by atoms with Gasteiger partial charge < -0.3 is 15.0 Å². The predicted molar refractivity (Wildman–Crippen MR) is 80.9 cm³/mol. The van der Waals surface area contributed by atoms with E-state index in [2.05, 4.69) is 5.32 Å². The predicted octanol–water partition coefficient (Wildman–Crippen LogP) is 0.181. The molecule has 0 aromatic heterocycles. The summed E-state index contributed by atoms with van der Waals surface area (Å²) in [6, 6.07) is 0.218. The number of sulfone groups is 1. The lowest BCUT2D eigenvalue weighted by Crippen LogP contribution is -2.43. The SMILES string of the molecule is CS(=O)(=O)C1CCCC(NCCC(=O)N2CCOCC2)C1. The van der Waals surface area contributed by atoms with Gasteiger partial charge in [0.2, 0.25) is 5.91 Å². The smallest absolute Gasteiger partial charge is 0.224 e. The van der Waals surface area contributed by atoms with Gasteiger partial charge in [-0.25, -0.2) is 8.42 Å². The van der Waals surface area contributed by atoms with E-state index < -0.39 is 9.84 Å². The number of amides is 1. The van der Waals surface area contributed by atoms with Gasteiger partial charge in [-0.05, 0) is 19.3 Å². The van der Waals surface area contributed by atoms with E-state index in [9.17, 15) is 13.2 Å². The molecule has 21 heavy (non-hydrogen) atoms. The summed E-state index contributed by atoms with van der Waals surface area (Å²) in [5.74, 6) is 0.154. The van der Waals surface area contributed by atoms with Crippen LogP contribution in [0, 0.1) is 0 Å². The van der Waals surface area contributed by atoms with E-state index in [-0.39, 0.29) is 17.2 Å². The molecule has 122 valence electrons. The average molecular weight is 318 g/mol. The van der Waals surface area contributed by atoms with E-state index in [0.717, 1.165) is 19.3 Å². The molecule has 2 rings (SSSR count). The quantitative estimate of drug-likeness (QED) is 0.783. The fraction of sp³-hybridized carbons (Fsp3) is 0.929. The maximum absolute atomic E-state index is 12.0. The van der Waals surface area contributed by atoms with Crippen LogP contribution in [0.4, 0.5) is 0 Å². The molecule has 1 saturated carbocycles. The first-order valence-corrected chi connectivity index (χ1v) is 9.70. The number of carbonyl (C=O) groups excluding carboxylic acids is 1. The maximum atomic E-state index is 12.0. The molecule has 0 aromatic rings. The summed E-state index contributed by atoms with van der Waals surface area (Å²) in [5, 5.41) is 3.13. The molecule has 0 radical (unpaired) electrons. The number of carbonyl (C=O) groups is 1. The van der Waals surface area contributed by atoms with Crippen molar-refractivity contribution in [3.05, 3.63) is 0 Å². The van der Waals surface area contributed by atoms with Crippen molar-refractivity contribution in [3.63, 3.8) is 0 Å². The van der Waals surface area contributed by atoms with Gasteiger partial charge >= 0.3 is 0 Å². The van der Waals surface area contributed by atoms with Gasteiger partial charge in [0.1, 0.15) is 9.84 Å². The van der Waals surface area contributed by atoms with Crippen molar-refractivity contribution >= 4 is 15.7 Å². The first kappa shape index (κ1) is 16.7. The highest BCUT2D eigenvalue weighted by Gasteiger charge is 2.28. The van der Waals surface area contributed by atoms with Crippen molar-refractivity contribution in [2.45, 2.75) is 43.4 Å². The van der Waals surface area contributed by atoms with E-state index in [1.807, 2.05) is 4.90 Å². The second-order valence-electron chi connectivity index (χ2n) is 6.01. The summed E-state index contributed by atoms with van der Waals surface area (Å²) in [6.45, 7) is 3.23. The third-order valence-corrected chi connectivity index (χ3v) is 6.01. The van der Waals surface area contributed by atoms with Crippen LogP contribution in [0.3, 0.4) is 0 Å². The van der Waals surface area contributed by atoms with Crippen LogP contribution in [0.5, 0.6) is 0 Å². The topological polar surface area (TPSA) is 75.7 Å². The van der Waals surface area contributed by atoms with Crippen LogP contribution in [0.15, 0.2) is 0 Å². The Hall–Kier alpha value is -0.660. The van der Waals surface area contributed by atoms with Crippen molar-refractivity contribution in [2.75, 3.05) is 39.1 Å². The summed E-state index contributed by atoms with van der Waals surface area (Å²) in [5.41, 5.74) is 0. The monoisotopic (exact) mass is 318 g/mol. The molecule has 2 unspecified atom stereocenters. The van der Waals surface area contributed by atoms with E-state index >= 15 is 0 Å². The molecule has 0 spiro atoms. The Balaban J connectivity index is 1.69. The van der Waals surface area contributed by atoms with Gasteiger partial charge in [-0.1, -0.05) is 6.42 Å². The molecular weight excluding hydrogens is 292 g/mol. The Kier molecular flexibility index (Phi) is 6.01.